The lowest BCUT2D eigenvalue weighted by atomic mass is 10.1. The van der Waals surface area contributed by atoms with Crippen LogP contribution in [0.5, 0.6) is 0 Å². The van der Waals surface area contributed by atoms with E-state index in [-0.39, 0.29) is 17.3 Å². The summed E-state index contributed by atoms with van der Waals surface area (Å²) in [4.78, 5) is 27.1. The summed E-state index contributed by atoms with van der Waals surface area (Å²) in [5.74, 6) is -0.819. The Morgan fingerprint density at radius 2 is 1.71 bits per heavy atom. The summed E-state index contributed by atoms with van der Waals surface area (Å²) in [6, 6.07) is 12.7. The Hall–Kier alpha value is -2.42. The van der Waals surface area contributed by atoms with E-state index in [1.54, 1.807) is 43.3 Å². The van der Waals surface area contributed by atoms with Crippen LogP contribution in [-0.4, -0.2) is 56.1 Å². The summed E-state index contributed by atoms with van der Waals surface area (Å²) in [5, 5.41) is 3.03. The fraction of sp³-hybridized carbons (Fsp3) is 0.364. The lowest BCUT2D eigenvalue weighted by molar-refractivity contribution is -0.141. The third kappa shape index (κ3) is 6.06. The Morgan fingerprint density at radius 3 is 2.26 bits per heavy atom. The molecule has 0 radical (unpaired) electrons. The minimum atomic E-state index is -3.86. The Kier molecular flexibility index (Phi) is 8.61. The van der Waals surface area contributed by atoms with Crippen molar-refractivity contribution in [1.29, 1.82) is 0 Å². The van der Waals surface area contributed by atoms with Crippen LogP contribution < -0.4 is 5.32 Å². The summed E-state index contributed by atoms with van der Waals surface area (Å²) in [6.45, 7) is 3.33. The Balaban J connectivity index is 2.32. The van der Waals surface area contributed by atoms with Gasteiger partial charge in [0.1, 0.15) is 6.04 Å². The van der Waals surface area contributed by atoms with Gasteiger partial charge in [-0.3, -0.25) is 9.59 Å². The van der Waals surface area contributed by atoms with Gasteiger partial charge in [0.25, 0.3) is 0 Å². The number of hydrogen-bond donors (Lipinski definition) is 1. The van der Waals surface area contributed by atoms with Gasteiger partial charge in [0.2, 0.25) is 21.8 Å². The number of sulfonamides is 1. The minimum absolute atomic E-state index is 0.0862. The molecule has 1 atom stereocenters. The maximum atomic E-state index is 13.2. The van der Waals surface area contributed by atoms with Gasteiger partial charge in [-0.15, -0.1) is 0 Å². The number of halogens is 1. The number of amides is 2. The highest BCUT2D eigenvalue weighted by Crippen LogP contribution is 2.21. The van der Waals surface area contributed by atoms with Gasteiger partial charge in [-0.1, -0.05) is 54.4 Å². The molecule has 168 valence electrons. The van der Waals surface area contributed by atoms with Crippen LogP contribution in [0.25, 0.3) is 0 Å². The zero-order valence-electron chi connectivity index (χ0n) is 18.1. The molecular weight excluding hydrogens is 438 g/mol. The number of hydrogen-bond acceptors (Lipinski definition) is 4. The molecule has 2 amide bonds. The first kappa shape index (κ1) is 24.8. The first-order valence-electron chi connectivity index (χ1n) is 9.89. The topological polar surface area (TPSA) is 86.8 Å². The van der Waals surface area contributed by atoms with Crippen LogP contribution in [-0.2, 0) is 26.2 Å². The molecule has 0 aliphatic carbocycles. The largest absolute Gasteiger partial charge is 0.357 e. The van der Waals surface area contributed by atoms with Gasteiger partial charge in [-0.2, -0.15) is 4.31 Å². The molecule has 0 aliphatic heterocycles. The quantitative estimate of drug-likeness (QED) is 0.617. The van der Waals surface area contributed by atoms with E-state index in [0.717, 1.165) is 9.87 Å². The number of aryl methyl sites for hydroxylation is 1. The zero-order chi connectivity index (χ0) is 23.2. The first-order valence-corrected chi connectivity index (χ1v) is 11.7. The van der Waals surface area contributed by atoms with Crippen molar-refractivity contribution in [3.05, 3.63) is 64.7 Å². The second-order valence-electron chi connectivity index (χ2n) is 7.23. The van der Waals surface area contributed by atoms with E-state index < -0.39 is 28.5 Å². The average Bonchev–Trinajstić information content (AvgIpc) is 2.74. The fourth-order valence-corrected chi connectivity index (χ4v) is 4.47. The smallest absolute Gasteiger partial charge is 0.243 e. The van der Waals surface area contributed by atoms with Gasteiger partial charge < -0.3 is 10.2 Å². The highest BCUT2D eigenvalue weighted by Gasteiger charge is 2.31. The fourth-order valence-electron chi connectivity index (χ4n) is 3.15. The van der Waals surface area contributed by atoms with Crippen LogP contribution in [0.2, 0.25) is 5.02 Å². The third-order valence-corrected chi connectivity index (χ3v) is 7.20. The van der Waals surface area contributed by atoms with Gasteiger partial charge in [-0.25, -0.2) is 8.42 Å². The molecule has 9 heteroatoms. The number of nitrogens with zero attached hydrogens (tertiary/aromatic N) is 2. The third-order valence-electron chi connectivity index (χ3n) is 5.02. The zero-order valence-corrected chi connectivity index (χ0v) is 19.7. The van der Waals surface area contributed by atoms with Crippen LogP contribution in [0.15, 0.2) is 53.4 Å². The molecule has 31 heavy (non-hydrogen) atoms. The Labute approximate surface area is 189 Å². The standard InChI is InChI=1S/C22H28ClN3O4S/c1-5-20(22(28)24-3)26(14-17-8-6-7-9-19(17)23)21(27)15-25(4)31(29,30)18-12-10-16(2)11-13-18/h6-13,20H,5,14-15H2,1-4H3,(H,24,28)/t20-/m0/s1. The number of nitrogens with one attached hydrogen (secondary N) is 1. The van der Waals surface area contributed by atoms with Crippen LogP contribution in [0.3, 0.4) is 0 Å². The lowest BCUT2D eigenvalue weighted by Crippen LogP contribution is -2.51. The van der Waals surface area contributed by atoms with Gasteiger partial charge in [0, 0.05) is 25.7 Å². The molecule has 0 fully saturated rings. The van der Waals surface area contributed by atoms with E-state index >= 15 is 0 Å². The van der Waals surface area contributed by atoms with E-state index in [1.165, 1.54) is 31.1 Å². The minimum Gasteiger partial charge on any atom is -0.357 e. The Bertz CT molecular complexity index is 1030. The molecule has 0 unspecified atom stereocenters. The number of likely N-dealkylation sites (N-methyl/N-ethyl adjacent to an activating group) is 2. The predicted octanol–water partition coefficient (Wildman–Crippen LogP) is 2.82. The number of carbonyl (C=O) groups is 2. The van der Waals surface area contributed by atoms with Crippen molar-refractivity contribution >= 4 is 33.4 Å². The molecule has 0 aromatic heterocycles. The molecule has 2 aromatic rings. The van der Waals surface area contributed by atoms with Crippen LogP contribution in [0.4, 0.5) is 0 Å². The normalized spacial score (nSPS) is 12.5. The van der Waals surface area contributed by atoms with E-state index in [9.17, 15) is 18.0 Å². The van der Waals surface area contributed by atoms with Gasteiger partial charge in [0.05, 0.1) is 11.4 Å². The molecule has 0 heterocycles. The summed E-state index contributed by atoms with van der Waals surface area (Å²) >= 11 is 6.26. The van der Waals surface area contributed by atoms with Crippen LogP contribution >= 0.6 is 11.6 Å². The summed E-state index contributed by atoms with van der Waals surface area (Å²) in [5.41, 5.74) is 1.60. The Morgan fingerprint density at radius 1 is 1.10 bits per heavy atom. The molecule has 7 nitrogen and oxygen atoms in total. The maximum Gasteiger partial charge on any atom is 0.243 e. The lowest BCUT2D eigenvalue weighted by Gasteiger charge is -2.31. The van der Waals surface area contributed by atoms with Crippen molar-refractivity contribution in [3.63, 3.8) is 0 Å². The van der Waals surface area contributed by atoms with Crippen LogP contribution in [0, 0.1) is 6.92 Å². The van der Waals surface area contributed by atoms with Crippen molar-refractivity contribution in [1.82, 2.24) is 14.5 Å². The molecule has 0 spiro atoms. The summed E-state index contributed by atoms with van der Waals surface area (Å²) < 4.78 is 26.8. The second kappa shape index (κ2) is 10.7. The molecule has 2 rings (SSSR count). The second-order valence-corrected chi connectivity index (χ2v) is 9.68. The molecule has 2 aromatic carbocycles. The van der Waals surface area contributed by atoms with E-state index in [4.69, 9.17) is 11.6 Å². The van der Waals surface area contributed by atoms with Gasteiger partial charge in [-0.05, 0) is 37.1 Å². The monoisotopic (exact) mass is 465 g/mol. The molecule has 0 aliphatic rings. The number of rotatable bonds is 9. The molecule has 0 bridgehead atoms. The number of benzene rings is 2. The van der Waals surface area contributed by atoms with Gasteiger partial charge in [0.15, 0.2) is 0 Å². The van der Waals surface area contributed by atoms with Gasteiger partial charge >= 0.3 is 0 Å². The highest BCUT2D eigenvalue weighted by molar-refractivity contribution is 7.89. The van der Waals surface area contributed by atoms with E-state index in [0.29, 0.717) is 17.0 Å². The molecule has 0 saturated carbocycles. The summed E-state index contributed by atoms with van der Waals surface area (Å²) in [6.07, 6.45) is 0.365. The predicted molar refractivity (Wildman–Crippen MR) is 121 cm³/mol. The molecular formula is C22H28ClN3O4S. The molecule has 1 N–H and O–H groups in total. The van der Waals surface area contributed by atoms with Crippen LogP contribution in [0.1, 0.15) is 24.5 Å². The van der Waals surface area contributed by atoms with Crippen molar-refractivity contribution < 1.29 is 18.0 Å². The van der Waals surface area contributed by atoms with E-state index in [2.05, 4.69) is 5.32 Å². The van der Waals surface area contributed by atoms with E-state index in [1.807, 2.05) is 6.92 Å². The summed E-state index contributed by atoms with van der Waals surface area (Å²) in [7, 11) is -1.02. The highest BCUT2D eigenvalue weighted by atomic mass is 35.5. The van der Waals surface area contributed by atoms with Crippen molar-refractivity contribution in [3.8, 4) is 0 Å². The van der Waals surface area contributed by atoms with Crippen molar-refractivity contribution in [2.24, 2.45) is 0 Å². The van der Waals surface area contributed by atoms with Crippen molar-refractivity contribution in [2.75, 3.05) is 20.6 Å². The first-order chi connectivity index (χ1) is 14.6. The molecule has 0 saturated heterocycles. The average molecular weight is 466 g/mol. The number of carbonyl (C=O) groups excluding carboxylic acids is 2. The SMILES string of the molecule is CC[C@@H](C(=O)NC)N(Cc1ccccc1Cl)C(=O)CN(C)S(=O)(=O)c1ccc(C)cc1. The van der Waals surface area contributed by atoms with Crippen molar-refractivity contribution in [2.45, 2.75) is 37.8 Å². The maximum absolute atomic E-state index is 13.2.